The smallest absolute Gasteiger partial charge is 0.0878 e. The van der Waals surface area contributed by atoms with Gasteiger partial charge in [0.2, 0.25) is 0 Å². The molecular weight excluding hydrogens is 174 g/mol. The van der Waals surface area contributed by atoms with Crippen molar-refractivity contribution in [2.24, 2.45) is 0 Å². The van der Waals surface area contributed by atoms with E-state index >= 15 is 0 Å². The summed E-state index contributed by atoms with van der Waals surface area (Å²) in [5, 5.41) is 11.5. The third-order valence-electron chi connectivity index (χ3n) is 3.25. The maximum atomic E-state index is 10.2. The lowest BCUT2D eigenvalue weighted by Crippen LogP contribution is -2.25. The largest absolute Gasteiger partial charge is 0.385 e. The van der Waals surface area contributed by atoms with Crippen LogP contribution in [0.5, 0.6) is 0 Å². The standard InChI is InChI=1S/C12H13NO/c1-12(14)6-5-8-7-13-10-4-2-3-9(12)11(8)10/h2-4,7,13-14H,5-6H2,1H3. The Bertz CT molecular complexity index is 496. The lowest BCUT2D eigenvalue weighted by Gasteiger charge is -2.28. The first-order chi connectivity index (χ1) is 6.68. The van der Waals surface area contributed by atoms with Crippen molar-refractivity contribution in [1.29, 1.82) is 0 Å². The zero-order valence-corrected chi connectivity index (χ0v) is 8.17. The van der Waals surface area contributed by atoms with Crippen LogP contribution in [0.25, 0.3) is 10.9 Å². The third kappa shape index (κ3) is 0.891. The Morgan fingerprint density at radius 3 is 3.14 bits per heavy atom. The first-order valence-corrected chi connectivity index (χ1v) is 5.00. The second-order valence-electron chi connectivity index (χ2n) is 4.32. The minimum atomic E-state index is -0.658. The molecule has 2 heteroatoms. The van der Waals surface area contributed by atoms with Crippen molar-refractivity contribution < 1.29 is 5.11 Å². The fraction of sp³-hybridized carbons (Fsp3) is 0.333. The molecule has 0 saturated carbocycles. The highest BCUT2D eigenvalue weighted by molar-refractivity contribution is 5.88. The van der Waals surface area contributed by atoms with Gasteiger partial charge in [-0.2, -0.15) is 0 Å². The summed E-state index contributed by atoms with van der Waals surface area (Å²) in [4.78, 5) is 3.25. The summed E-state index contributed by atoms with van der Waals surface area (Å²) in [5.41, 5.74) is 2.88. The topological polar surface area (TPSA) is 36.0 Å². The second kappa shape index (κ2) is 2.39. The van der Waals surface area contributed by atoms with E-state index in [-0.39, 0.29) is 0 Å². The van der Waals surface area contributed by atoms with Gasteiger partial charge in [0.15, 0.2) is 0 Å². The molecule has 1 unspecified atom stereocenters. The molecule has 0 radical (unpaired) electrons. The van der Waals surface area contributed by atoms with E-state index in [4.69, 9.17) is 0 Å². The van der Waals surface area contributed by atoms with Crippen LogP contribution in [0.15, 0.2) is 24.4 Å². The number of hydrogen-bond donors (Lipinski definition) is 2. The van der Waals surface area contributed by atoms with E-state index in [0.717, 1.165) is 23.9 Å². The number of aromatic nitrogens is 1. The Balaban J connectivity index is 2.46. The summed E-state index contributed by atoms with van der Waals surface area (Å²) >= 11 is 0. The van der Waals surface area contributed by atoms with Gasteiger partial charge in [-0.1, -0.05) is 12.1 Å². The van der Waals surface area contributed by atoms with E-state index in [1.807, 2.05) is 19.1 Å². The maximum absolute atomic E-state index is 10.2. The first kappa shape index (κ1) is 8.06. The van der Waals surface area contributed by atoms with Gasteiger partial charge >= 0.3 is 0 Å². The molecule has 1 heterocycles. The van der Waals surface area contributed by atoms with Gasteiger partial charge in [-0.3, -0.25) is 0 Å². The number of rotatable bonds is 0. The molecular formula is C12H13NO. The van der Waals surface area contributed by atoms with Gasteiger partial charge < -0.3 is 10.1 Å². The van der Waals surface area contributed by atoms with Crippen LogP contribution in [0.3, 0.4) is 0 Å². The average Bonchev–Trinajstić information content (AvgIpc) is 2.57. The fourth-order valence-corrected chi connectivity index (χ4v) is 2.41. The molecule has 1 aliphatic carbocycles. The monoisotopic (exact) mass is 187 g/mol. The van der Waals surface area contributed by atoms with Crippen molar-refractivity contribution in [2.75, 3.05) is 0 Å². The van der Waals surface area contributed by atoms with E-state index in [1.54, 1.807) is 0 Å². The number of hydrogen-bond acceptors (Lipinski definition) is 1. The first-order valence-electron chi connectivity index (χ1n) is 5.00. The molecule has 72 valence electrons. The Hall–Kier alpha value is -1.28. The van der Waals surface area contributed by atoms with Crippen LogP contribution in [0.1, 0.15) is 24.5 Å². The van der Waals surface area contributed by atoms with Crippen molar-refractivity contribution in [1.82, 2.24) is 4.98 Å². The van der Waals surface area contributed by atoms with Crippen molar-refractivity contribution in [2.45, 2.75) is 25.4 Å². The number of nitrogens with one attached hydrogen (secondary N) is 1. The van der Waals surface area contributed by atoms with Crippen LogP contribution < -0.4 is 0 Å². The molecule has 0 bridgehead atoms. The van der Waals surface area contributed by atoms with Gasteiger partial charge in [0.1, 0.15) is 0 Å². The number of aliphatic hydroxyl groups is 1. The predicted molar refractivity (Wildman–Crippen MR) is 56.2 cm³/mol. The quantitative estimate of drug-likeness (QED) is 0.652. The Labute approximate surface area is 82.6 Å². The van der Waals surface area contributed by atoms with Gasteiger partial charge in [-0.15, -0.1) is 0 Å². The van der Waals surface area contributed by atoms with Gasteiger partial charge in [0.05, 0.1) is 5.60 Å². The maximum Gasteiger partial charge on any atom is 0.0878 e. The fourth-order valence-electron chi connectivity index (χ4n) is 2.41. The molecule has 0 aliphatic heterocycles. The van der Waals surface area contributed by atoms with Gasteiger partial charge in [-0.25, -0.2) is 0 Å². The molecule has 2 nitrogen and oxygen atoms in total. The third-order valence-corrected chi connectivity index (χ3v) is 3.25. The highest BCUT2D eigenvalue weighted by Crippen LogP contribution is 2.38. The summed E-state index contributed by atoms with van der Waals surface area (Å²) in [6, 6.07) is 6.08. The molecule has 0 spiro atoms. The van der Waals surface area contributed by atoms with E-state index < -0.39 is 5.60 Å². The number of aromatic amines is 1. The van der Waals surface area contributed by atoms with E-state index in [0.29, 0.717) is 0 Å². The molecule has 1 aromatic carbocycles. The molecule has 1 aromatic heterocycles. The molecule has 1 aliphatic rings. The molecule has 2 aromatic rings. The number of H-pyrrole nitrogens is 1. The summed E-state index contributed by atoms with van der Waals surface area (Å²) in [6.07, 6.45) is 3.84. The molecule has 3 rings (SSSR count). The Morgan fingerprint density at radius 2 is 2.29 bits per heavy atom. The van der Waals surface area contributed by atoms with E-state index in [2.05, 4.69) is 17.2 Å². The lowest BCUT2D eigenvalue weighted by molar-refractivity contribution is 0.0472. The Kier molecular flexibility index (Phi) is 1.38. The minimum absolute atomic E-state index is 0.658. The normalized spacial score (nSPS) is 25.6. The summed E-state index contributed by atoms with van der Waals surface area (Å²) < 4.78 is 0. The van der Waals surface area contributed by atoms with Crippen LogP contribution in [0, 0.1) is 0 Å². The zero-order valence-electron chi connectivity index (χ0n) is 8.17. The van der Waals surface area contributed by atoms with Crippen molar-refractivity contribution in [3.63, 3.8) is 0 Å². The van der Waals surface area contributed by atoms with Crippen LogP contribution in [0.2, 0.25) is 0 Å². The molecule has 0 saturated heterocycles. The van der Waals surface area contributed by atoms with Crippen LogP contribution in [0.4, 0.5) is 0 Å². The zero-order chi connectivity index (χ0) is 9.76. The molecule has 0 fully saturated rings. The Morgan fingerprint density at radius 1 is 1.43 bits per heavy atom. The lowest BCUT2D eigenvalue weighted by atomic mass is 9.81. The van der Waals surface area contributed by atoms with Crippen LogP contribution in [-0.4, -0.2) is 10.1 Å². The van der Waals surface area contributed by atoms with Gasteiger partial charge in [0.25, 0.3) is 0 Å². The molecule has 1 atom stereocenters. The molecule has 14 heavy (non-hydrogen) atoms. The highest BCUT2D eigenvalue weighted by Gasteiger charge is 2.30. The van der Waals surface area contributed by atoms with E-state index in [9.17, 15) is 5.11 Å². The summed E-state index contributed by atoms with van der Waals surface area (Å²) in [5.74, 6) is 0. The predicted octanol–water partition coefficient (Wildman–Crippen LogP) is 2.32. The average molecular weight is 187 g/mol. The summed E-state index contributed by atoms with van der Waals surface area (Å²) in [7, 11) is 0. The second-order valence-corrected chi connectivity index (χ2v) is 4.32. The number of aryl methyl sites for hydroxylation is 1. The van der Waals surface area contributed by atoms with Gasteiger partial charge in [-0.05, 0) is 37.0 Å². The highest BCUT2D eigenvalue weighted by atomic mass is 16.3. The van der Waals surface area contributed by atoms with Gasteiger partial charge in [0, 0.05) is 17.1 Å². The SMILES string of the molecule is CC1(O)CCc2c[nH]c3cccc1c23. The van der Waals surface area contributed by atoms with Crippen LogP contribution in [-0.2, 0) is 12.0 Å². The van der Waals surface area contributed by atoms with Crippen molar-refractivity contribution in [3.8, 4) is 0 Å². The minimum Gasteiger partial charge on any atom is -0.385 e. The number of benzene rings is 1. The summed E-state index contributed by atoms with van der Waals surface area (Å²) in [6.45, 7) is 1.90. The van der Waals surface area contributed by atoms with Crippen LogP contribution >= 0.6 is 0 Å². The van der Waals surface area contributed by atoms with Crippen molar-refractivity contribution >= 4 is 10.9 Å². The van der Waals surface area contributed by atoms with Crippen molar-refractivity contribution in [3.05, 3.63) is 35.5 Å². The molecule has 0 amide bonds. The van der Waals surface area contributed by atoms with E-state index in [1.165, 1.54) is 10.9 Å². The molecule has 2 N–H and O–H groups in total.